The summed E-state index contributed by atoms with van der Waals surface area (Å²) in [5.41, 5.74) is 0. The molecule has 19 heavy (non-hydrogen) atoms. The van der Waals surface area contributed by atoms with Crippen molar-refractivity contribution in [3.05, 3.63) is 24.3 Å². The van der Waals surface area contributed by atoms with Gasteiger partial charge in [0.15, 0.2) is 0 Å². The molecule has 0 aliphatic heterocycles. The highest BCUT2D eigenvalue weighted by atomic mass is 16.5. The van der Waals surface area contributed by atoms with E-state index in [2.05, 4.69) is 16.9 Å². The Bertz CT molecular complexity index is 357. The SMILES string of the molecule is COC(=O)C=CCCCC[C@H]1C=CC[C@H]1OC(C)=O. The van der Waals surface area contributed by atoms with E-state index in [0.717, 1.165) is 32.1 Å². The number of unbranched alkanes of at least 4 members (excludes halogenated alkanes) is 2. The minimum Gasteiger partial charge on any atom is -0.466 e. The van der Waals surface area contributed by atoms with Crippen molar-refractivity contribution in [1.82, 2.24) is 0 Å². The zero-order valence-electron chi connectivity index (χ0n) is 11.6. The fourth-order valence-corrected chi connectivity index (χ4v) is 2.21. The van der Waals surface area contributed by atoms with Crippen molar-refractivity contribution >= 4 is 11.9 Å². The van der Waals surface area contributed by atoms with Crippen molar-refractivity contribution in [1.29, 1.82) is 0 Å². The zero-order valence-corrected chi connectivity index (χ0v) is 11.6. The minimum absolute atomic E-state index is 0.0168. The summed E-state index contributed by atoms with van der Waals surface area (Å²) in [4.78, 5) is 21.8. The number of esters is 2. The first-order valence-corrected chi connectivity index (χ1v) is 6.72. The Kier molecular flexibility index (Phi) is 6.93. The van der Waals surface area contributed by atoms with Crippen LogP contribution in [-0.4, -0.2) is 25.2 Å². The Morgan fingerprint density at radius 2 is 2.16 bits per heavy atom. The van der Waals surface area contributed by atoms with E-state index in [-0.39, 0.29) is 18.0 Å². The lowest BCUT2D eigenvalue weighted by atomic mass is 9.98. The van der Waals surface area contributed by atoms with Gasteiger partial charge in [0.25, 0.3) is 0 Å². The molecule has 1 aliphatic rings. The van der Waals surface area contributed by atoms with Crippen LogP contribution in [0.15, 0.2) is 24.3 Å². The van der Waals surface area contributed by atoms with Crippen LogP contribution in [0.3, 0.4) is 0 Å². The number of allylic oxidation sites excluding steroid dienone is 1. The molecule has 0 aromatic carbocycles. The third kappa shape index (κ3) is 6.22. The van der Waals surface area contributed by atoms with Crippen LogP contribution >= 0.6 is 0 Å². The molecule has 1 rings (SSSR count). The third-order valence-electron chi connectivity index (χ3n) is 3.16. The Labute approximate surface area is 114 Å². The molecule has 0 bridgehead atoms. The lowest BCUT2D eigenvalue weighted by molar-refractivity contribution is -0.147. The van der Waals surface area contributed by atoms with Crippen LogP contribution in [-0.2, 0) is 19.1 Å². The molecule has 2 atom stereocenters. The Morgan fingerprint density at radius 3 is 2.84 bits per heavy atom. The molecular formula is C15H22O4. The number of ether oxygens (including phenoxy) is 2. The van der Waals surface area contributed by atoms with Crippen molar-refractivity contribution in [2.24, 2.45) is 5.92 Å². The van der Waals surface area contributed by atoms with E-state index in [1.165, 1.54) is 20.1 Å². The monoisotopic (exact) mass is 266 g/mol. The summed E-state index contributed by atoms with van der Waals surface area (Å²) in [5, 5.41) is 0. The Balaban J connectivity index is 2.15. The first-order valence-electron chi connectivity index (χ1n) is 6.72. The van der Waals surface area contributed by atoms with Gasteiger partial charge in [-0.05, 0) is 19.3 Å². The molecule has 0 saturated carbocycles. The molecule has 0 aromatic heterocycles. The molecule has 0 unspecified atom stereocenters. The van der Waals surface area contributed by atoms with Crippen LogP contribution in [0.1, 0.15) is 39.0 Å². The molecule has 1 aliphatic carbocycles. The second-order valence-electron chi connectivity index (χ2n) is 4.69. The van der Waals surface area contributed by atoms with Crippen molar-refractivity contribution in [3.63, 3.8) is 0 Å². The maximum Gasteiger partial charge on any atom is 0.330 e. The van der Waals surface area contributed by atoms with Gasteiger partial charge in [-0.15, -0.1) is 0 Å². The fraction of sp³-hybridized carbons (Fsp3) is 0.600. The minimum atomic E-state index is -0.311. The van der Waals surface area contributed by atoms with Crippen molar-refractivity contribution < 1.29 is 19.1 Å². The molecule has 0 fully saturated rings. The number of methoxy groups -OCH3 is 1. The first-order chi connectivity index (χ1) is 9.13. The predicted octanol–water partition coefficient (Wildman–Crippen LogP) is 2.78. The highest BCUT2D eigenvalue weighted by Gasteiger charge is 2.24. The van der Waals surface area contributed by atoms with Crippen LogP contribution in [0.4, 0.5) is 0 Å². The van der Waals surface area contributed by atoms with E-state index >= 15 is 0 Å². The van der Waals surface area contributed by atoms with E-state index in [0.29, 0.717) is 5.92 Å². The van der Waals surface area contributed by atoms with Crippen LogP contribution < -0.4 is 0 Å². The normalized spacial score (nSPS) is 21.8. The van der Waals surface area contributed by atoms with Gasteiger partial charge in [-0.2, -0.15) is 0 Å². The van der Waals surface area contributed by atoms with Crippen molar-refractivity contribution in [2.75, 3.05) is 7.11 Å². The molecule has 0 amide bonds. The summed E-state index contributed by atoms with van der Waals surface area (Å²) in [6.45, 7) is 1.45. The maximum absolute atomic E-state index is 10.9. The maximum atomic E-state index is 10.9. The zero-order chi connectivity index (χ0) is 14.1. The van der Waals surface area contributed by atoms with Gasteiger partial charge < -0.3 is 9.47 Å². The second kappa shape index (κ2) is 8.51. The molecule has 0 aromatic rings. The first kappa shape index (κ1) is 15.5. The standard InChI is InChI=1S/C15H22O4/c1-12(16)19-14-10-7-9-13(14)8-5-3-4-6-11-15(17)18-2/h6-7,9,11,13-14H,3-5,8,10H2,1-2H3/t13-,14+/m0/s1. The van der Waals surface area contributed by atoms with Gasteiger partial charge in [0, 0.05) is 25.3 Å². The molecule has 4 nitrogen and oxygen atoms in total. The van der Waals surface area contributed by atoms with E-state index in [4.69, 9.17) is 4.74 Å². The lowest BCUT2D eigenvalue weighted by Crippen LogP contribution is -2.21. The molecule has 0 spiro atoms. The van der Waals surface area contributed by atoms with Gasteiger partial charge in [0.05, 0.1) is 7.11 Å². The largest absolute Gasteiger partial charge is 0.466 e. The van der Waals surface area contributed by atoms with Gasteiger partial charge >= 0.3 is 11.9 Å². The Hall–Kier alpha value is -1.58. The molecule has 0 radical (unpaired) electrons. The average molecular weight is 266 g/mol. The van der Waals surface area contributed by atoms with E-state index in [9.17, 15) is 9.59 Å². The molecule has 0 N–H and O–H groups in total. The third-order valence-corrected chi connectivity index (χ3v) is 3.16. The summed E-state index contributed by atoms with van der Waals surface area (Å²) in [7, 11) is 1.37. The van der Waals surface area contributed by atoms with Crippen LogP contribution in [0.2, 0.25) is 0 Å². The number of hydrogen-bond acceptors (Lipinski definition) is 4. The molecule has 4 heteroatoms. The van der Waals surface area contributed by atoms with E-state index < -0.39 is 0 Å². The average Bonchev–Trinajstić information content (AvgIpc) is 2.79. The molecule has 0 heterocycles. The highest BCUT2D eigenvalue weighted by molar-refractivity contribution is 5.81. The summed E-state index contributed by atoms with van der Waals surface area (Å²) in [6, 6.07) is 0. The van der Waals surface area contributed by atoms with Crippen LogP contribution in [0, 0.1) is 5.92 Å². The van der Waals surface area contributed by atoms with Crippen LogP contribution in [0.25, 0.3) is 0 Å². The van der Waals surface area contributed by atoms with E-state index in [1.54, 1.807) is 0 Å². The second-order valence-corrected chi connectivity index (χ2v) is 4.69. The number of rotatable bonds is 7. The highest BCUT2D eigenvalue weighted by Crippen LogP contribution is 2.26. The summed E-state index contributed by atoms with van der Waals surface area (Å²) >= 11 is 0. The summed E-state index contributed by atoms with van der Waals surface area (Å²) in [6.07, 6.45) is 12.3. The quantitative estimate of drug-likeness (QED) is 0.308. The van der Waals surface area contributed by atoms with Gasteiger partial charge in [0.1, 0.15) is 6.10 Å². The molecule has 106 valence electrons. The summed E-state index contributed by atoms with van der Waals surface area (Å²) < 4.78 is 9.78. The van der Waals surface area contributed by atoms with Gasteiger partial charge in [0.2, 0.25) is 0 Å². The smallest absolute Gasteiger partial charge is 0.330 e. The number of carbonyl (C=O) groups excluding carboxylic acids is 2. The van der Waals surface area contributed by atoms with Gasteiger partial charge in [-0.3, -0.25) is 4.79 Å². The molecule has 0 saturated heterocycles. The van der Waals surface area contributed by atoms with Crippen molar-refractivity contribution in [2.45, 2.75) is 45.1 Å². The number of hydrogen-bond donors (Lipinski definition) is 0. The number of carbonyl (C=O) groups is 2. The predicted molar refractivity (Wildman–Crippen MR) is 72.4 cm³/mol. The Morgan fingerprint density at radius 1 is 1.37 bits per heavy atom. The lowest BCUT2D eigenvalue weighted by Gasteiger charge is -2.18. The van der Waals surface area contributed by atoms with Gasteiger partial charge in [-0.1, -0.05) is 24.6 Å². The summed E-state index contributed by atoms with van der Waals surface area (Å²) in [5.74, 6) is -0.179. The van der Waals surface area contributed by atoms with Crippen molar-refractivity contribution in [3.8, 4) is 0 Å². The molecular weight excluding hydrogens is 244 g/mol. The fourth-order valence-electron chi connectivity index (χ4n) is 2.21. The topological polar surface area (TPSA) is 52.6 Å². The van der Waals surface area contributed by atoms with E-state index in [1.807, 2.05) is 6.08 Å². The van der Waals surface area contributed by atoms with Gasteiger partial charge in [-0.25, -0.2) is 4.79 Å². The van der Waals surface area contributed by atoms with Crippen LogP contribution in [0.5, 0.6) is 0 Å².